The minimum absolute atomic E-state index is 0.251. The van der Waals surface area contributed by atoms with Gasteiger partial charge >= 0.3 is 0 Å². The van der Waals surface area contributed by atoms with Gasteiger partial charge in [0, 0.05) is 5.02 Å². The summed E-state index contributed by atoms with van der Waals surface area (Å²) < 4.78 is 1.95. The van der Waals surface area contributed by atoms with Crippen LogP contribution in [-0.4, -0.2) is 14.5 Å². The van der Waals surface area contributed by atoms with Crippen molar-refractivity contribution in [2.75, 3.05) is 0 Å². The maximum atomic E-state index is 11.1. The van der Waals surface area contributed by atoms with Gasteiger partial charge in [-0.1, -0.05) is 54.1 Å². The summed E-state index contributed by atoms with van der Waals surface area (Å²) in [7, 11) is 0. The molecule has 0 saturated heterocycles. The van der Waals surface area contributed by atoms with Crippen LogP contribution < -0.4 is 0 Å². The maximum absolute atomic E-state index is 11.1. The van der Waals surface area contributed by atoms with Crippen LogP contribution in [0.4, 0.5) is 0 Å². The van der Waals surface area contributed by atoms with Gasteiger partial charge in [0.2, 0.25) is 0 Å². The molecule has 28 heavy (non-hydrogen) atoms. The molecule has 2 aromatic carbocycles. The number of nitrogens with zero attached hydrogens (tertiary/aromatic N) is 2. The highest BCUT2D eigenvalue weighted by atomic mass is 35.5. The average Bonchev–Trinajstić information content (AvgIpc) is 3.21. The molecule has 142 valence electrons. The van der Waals surface area contributed by atoms with Gasteiger partial charge in [0.05, 0.1) is 29.8 Å². The minimum atomic E-state index is -0.520. The van der Waals surface area contributed by atoms with Crippen LogP contribution >= 0.6 is 11.6 Å². The second kappa shape index (κ2) is 7.23. The van der Waals surface area contributed by atoms with Crippen LogP contribution in [0.25, 0.3) is 16.3 Å². The third-order valence-corrected chi connectivity index (χ3v) is 6.50. The van der Waals surface area contributed by atoms with Crippen LogP contribution in [0, 0.1) is 5.92 Å². The second-order valence-corrected chi connectivity index (χ2v) is 8.39. The molecule has 0 aliphatic heterocycles. The molecule has 2 heterocycles. The van der Waals surface area contributed by atoms with Gasteiger partial charge in [-0.2, -0.15) is 0 Å². The fourth-order valence-electron chi connectivity index (χ4n) is 4.72. The Morgan fingerprint density at radius 2 is 1.75 bits per heavy atom. The van der Waals surface area contributed by atoms with Gasteiger partial charge < -0.3 is 9.51 Å². The van der Waals surface area contributed by atoms with E-state index in [1.54, 1.807) is 12.5 Å². The molecule has 5 rings (SSSR count). The zero-order chi connectivity index (χ0) is 19.1. The minimum Gasteiger partial charge on any atom is -0.387 e. The van der Waals surface area contributed by atoms with Gasteiger partial charge in [-0.05, 0) is 66.0 Å². The van der Waals surface area contributed by atoms with Gasteiger partial charge in [-0.3, -0.25) is 0 Å². The normalized spacial score (nSPS) is 21.2. The van der Waals surface area contributed by atoms with Crippen LogP contribution in [0.15, 0.2) is 67.1 Å². The van der Waals surface area contributed by atoms with Crippen molar-refractivity contribution in [1.29, 1.82) is 0 Å². The number of aliphatic hydroxyl groups excluding tert-OH is 1. The molecule has 1 fully saturated rings. The van der Waals surface area contributed by atoms with E-state index in [-0.39, 0.29) is 5.92 Å². The lowest BCUT2D eigenvalue weighted by Gasteiger charge is -2.32. The Balaban J connectivity index is 1.34. The van der Waals surface area contributed by atoms with E-state index in [0.717, 1.165) is 36.9 Å². The molecule has 0 bridgehead atoms. The first-order valence-electron chi connectivity index (χ1n) is 9.97. The quantitative estimate of drug-likeness (QED) is 0.455. The third kappa shape index (κ3) is 3.19. The van der Waals surface area contributed by atoms with Gasteiger partial charge in [-0.25, -0.2) is 4.98 Å². The molecule has 1 aliphatic rings. The van der Waals surface area contributed by atoms with Crippen molar-refractivity contribution in [1.82, 2.24) is 9.38 Å². The lowest BCUT2D eigenvalue weighted by molar-refractivity contribution is 0.0763. The summed E-state index contributed by atoms with van der Waals surface area (Å²) >= 11 is 6.26. The van der Waals surface area contributed by atoms with E-state index >= 15 is 0 Å². The average molecular weight is 391 g/mol. The predicted octanol–water partition coefficient (Wildman–Crippen LogP) is 6.15. The van der Waals surface area contributed by atoms with Gasteiger partial charge in [-0.15, -0.1) is 0 Å². The Morgan fingerprint density at radius 3 is 2.57 bits per heavy atom. The molecule has 1 unspecified atom stereocenters. The first-order valence-corrected chi connectivity index (χ1v) is 10.3. The largest absolute Gasteiger partial charge is 0.387 e. The third-order valence-electron chi connectivity index (χ3n) is 6.28. The van der Waals surface area contributed by atoms with Gasteiger partial charge in [0.1, 0.15) is 0 Å². The summed E-state index contributed by atoms with van der Waals surface area (Å²) in [5.41, 5.74) is 3.19. The molecule has 4 aromatic rings. The molecule has 0 amide bonds. The number of fused-ring (bicyclic) bond motifs is 2. The van der Waals surface area contributed by atoms with E-state index in [1.807, 2.05) is 16.5 Å². The number of aromatic nitrogens is 2. The van der Waals surface area contributed by atoms with E-state index in [4.69, 9.17) is 11.6 Å². The van der Waals surface area contributed by atoms with Crippen LogP contribution in [0.1, 0.15) is 49.0 Å². The van der Waals surface area contributed by atoms with Crippen molar-refractivity contribution in [2.45, 2.75) is 37.7 Å². The molecule has 1 atom stereocenters. The molecule has 1 aliphatic carbocycles. The van der Waals surface area contributed by atoms with Crippen molar-refractivity contribution in [3.05, 3.63) is 83.4 Å². The molecule has 4 heteroatoms. The van der Waals surface area contributed by atoms with Crippen molar-refractivity contribution in [3.63, 3.8) is 0 Å². The first kappa shape index (κ1) is 17.7. The number of aliphatic hydroxyl groups is 1. The predicted molar refractivity (Wildman–Crippen MR) is 114 cm³/mol. The fraction of sp³-hybridized carbons (Fsp3) is 0.292. The molecular formula is C24H23ClN2O. The smallest absolute Gasteiger partial charge is 0.0995 e. The van der Waals surface area contributed by atoms with Crippen LogP contribution in [0.2, 0.25) is 5.02 Å². The Kier molecular flexibility index (Phi) is 4.58. The summed E-state index contributed by atoms with van der Waals surface area (Å²) in [5, 5.41) is 14.3. The van der Waals surface area contributed by atoms with Crippen LogP contribution in [0.3, 0.4) is 0 Å². The highest BCUT2D eigenvalue weighted by Crippen LogP contribution is 2.41. The molecule has 1 N–H and O–H groups in total. The molecular weight excluding hydrogens is 368 g/mol. The van der Waals surface area contributed by atoms with Crippen molar-refractivity contribution >= 4 is 27.9 Å². The summed E-state index contributed by atoms with van der Waals surface area (Å²) in [6.45, 7) is 0. The monoisotopic (exact) mass is 390 g/mol. The highest BCUT2D eigenvalue weighted by Gasteiger charge is 2.29. The lowest BCUT2D eigenvalue weighted by atomic mass is 9.76. The van der Waals surface area contributed by atoms with Crippen LogP contribution in [-0.2, 0) is 0 Å². The Morgan fingerprint density at radius 1 is 0.964 bits per heavy atom. The number of rotatable bonds is 3. The van der Waals surface area contributed by atoms with E-state index in [9.17, 15) is 5.11 Å². The zero-order valence-electron chi connectivity index (χ0n) is 15.6. The fourth-order valence-corrected chi connectivity index (χ4v) is 4.94. The summed E-state index contributed by atoms with van der Waals surface area (Å²) in [6.07, 6.45) is 7.25. The molecule has 0 radical (unpaired) electrons. The zero-order valence-corrected chi connectivity index (χ0v) is 16.4. The van der Waals surface area contributed by atoms with Crippen molar-refractivity contribution < 1.29 is 5.11 Å². The number of imidazole rings is 1. The number of hydrogen-bond acceptors (Lipinski definition) is 2. The molecule has 0 spiro atoms. The molecule has 2 aromatic heterocycles. The van der Waals surface area contributed by atoms with Crippen molar-refractivity contribution in [3.8, 4) is 0 Å². The molecule has 1 saturated carbocycles. The topological polar surface area (TPSA) is 37.5 Å². The summed E-state index contributed by atoms with van der Waals surface area (Å²) in [4.78, 5) is 4.20. The number of pyridine rings is 1. The number of benzene rings is 2. The first-order chi connectivity index (χ1) is 13.7. The Labute approximate surface area is 169 Å². The van der Waals surface area contributed by atoms with E-state index in [0.29, 0.717) is 10.9 Å². The van der Waals surface area contributed by atoms with Crippen molar-refractivity contribution in [2.24, 2.45) is 5.92 Å². The Hall–Kier alpha value is -2.36. The standard InChI is InChI=1S/C24H23ClN2O/c25-21-12-22-14-26-15-27(22)23(13-21)24(28)18-8-5-17(6-9-18)20-10-7-16-3-1-2-4-19(16)11-20/h1-4,7,10-15,17-18,24,28H,5-6,8-9H2. The Bertz CT molecular complexity index is 1130. The summed E-state index contributed by atoms with van der Waals surface area (Å²) in [6, 6.07) is 19.1. The lowest BCUT2D eigenvalue weighted by Crippen LogP contribution is -2.21. The second-order valence-electron chi connectivity index (χ2n) is 7.95. The van der Waals surface area contributed by atoms with Gasteiger partial charge in [0.25, 0.3) is 0 Å². The highest BCUT2D eigenvalue weighted by molar-refractivity contribution is 6.31. The van der Waals surface area contributed by atoms with Crippen LogP contribution in [0.5, 0.6) is 0 Å². The van der Waals surface area contributed by atoms with Gasteiger partial charge in [0.15, 0.2) is 0 Å². The summed E-state index contributed by atoms with van der Waals surface area (Å²) in [5.74, 6) is 0.821. The SMILES string of the molecule is OC(c1cc(Cl)cc2cncn12)C1CCC(c2ccc3ccccc3c2)CC1. The number of hydrogen-bond donors (Lipinski definition) is 1. The van der Waals surface area contributed by atoms with E-state index in [2.05, 4.69) is 47.4 Å². The van der Waals surface area contributed by atoms with E-state index in [1.165, 1.54) is 16.3 Å². The van der Waals surface area contributed by atoms with E-state index < -0.39 is 6.10 Å². The number of halogens is 1. The maximum Gasteiger partial charge on any atom is 0.0995 e. The molecule has 3 nitrogen and oxygen atoms in total.